The summed E-state index contributed by atoms with van der Waals surface area (Å²) in [5.74, 6) is 0.246. The average Bonchev–Trinajstić information content (AvgIpc) is 3.11. The minimum Gasteiger partial charge on any atom is -0.447 e. The van der Waals surface area contributed by atoms with Gasteiger partial charge in [-0.25, -0.2) is 9.98 Å². The van der Waals surface area contributed by atoms with E-state index in [0.29, 0.717) is 16.2 Å². The largest absolute Gasteiger partial charge is 0.447 e. The summed E-state index contributed by atoms with van der Waals surface area (Å²) in [6, 6.07) is 9.67. The number of aryl methyl sites for hydroxylation is 1. The molecule has 1 unspecified atom stereocenters. The van der Waals surface area contributed by atoms with Crippen molar-refractivity contribution in [2.45, 2.75) is 17.2 Å². The predicted octanol–water partition coefficient (Wildman–Crippen LogP) is 4.47. The topological polar surface area (TPSA) is 105 Å². The molecule has 1 aliphatic heterocycles. The number of hydrogen-bond acceptors (Lipinski definition) is 6. The lowest BCUT2D eigenvalue weighted by Crippen LogP contribution is -2.40. The van der Waals surface area contributed by atoms with Gasteiger partial charge in [0.2, 0.25) is 12.1 Å². The van der Waals surface area contributed by atoms with Gasteiger partial charge in [0.25, 0.3) is 0 Å². The second kappa shape index (κ2) is 8.09. The van der Waals surface area contributed by atoms with Crippen LogP contribution in [0.5, 0.6) is 0 Å². The summed E-state index contributed by atoms with van der Waals surface area (Å²) in [6.45, 7) is 2.00. The molecule has 1 aliphatic rings. The van der Waals surface area contributed by atoms with E-state index in [1.807, 2.05) is 31.2 Å². The summed E-state index contributed by atoms with van der Waals surface area (Å²) in [7, 11) is 0. The maximum atomic E-state index is 11.5. The molecule has 1 aromatic carbocycles. The van der Waals surface area contributed by atoms with E-state index < -0.39 is 11.2 Å². The molecule has 2 N–H and O–H groups in total. The van der Waals surface area contributed by atoms with Crippen LogP contribution in [-0.4, -0.2) is 27.0 Å². The van der Waals surface area contributed by atoms with Crippen molar-refractivity contribution < 1.29 is 9.66 Å². The number of halogens is 2. The average molecular weight is 524 g/mol. The molecule has 0 saturated heterocycles. The molecule has 2 atom stereocenters. The van der Waals surface area contributed by atoms with Crippen molar-refractivity contribution >= 4 is 51.1 Å². The molecule has 10 heteroatoms. The fourth-order valence-electron chi connectivity index (χ4n) is 2.91. The number of nitrogens with zero attached hydrogens (tertiary/aromatic N) is 3. The number of aromatic nitrogens is 2. The fourth-order valence-corrected chi connectivity index (χ4v) is 3.81. The number of rotatable bonds is 5. The number of pyridine rings is 1. The first-order chi connectivity index (χ1) is 13.9. The highest BCUT2D eigenvalue weighted by Gasteiger charge is 2.34. The van der Waals surface area contributed by atoms with Crippen molar-refractivity contribution in [2.24, 2.45) is 4.99 Å². The summed E-state index contributed by atoms with van der Waals surface area (Å²) in [5, 5.41) is 15.8. The summed E-state index contributed by atoms with van der Waals surface area (Å²) < 4.78 is 5.69. The normalized spacial score (nSPS) is 17.4. The Morgan fingerprint density at radius 2 is 2.14 bits per heavy atom. The maximum absolute atomic E-state index is 11.5. The molecule has 148 valence electrons. The van der Waals surface area contributed by atoms with Crippen LogP contribution in [0.15, 0.2) is 59.6 Å². The van der Waals surface area contributed by atoms with E-state index in [1.54, 1.807) is 12.3 Å². The second-order valence-electron chi connectivity index (χ2n) is 6.44. The number of ether oxygens (including phenoxy) is 1. The Hall–Kier alpha value is -2.50. The molecule has 0 amide bonds. The molecule has 3 aromatic rings. The Morgan fingerprint density at radius 1 is 1.38 bits per heavy atom. The number of aliphatic imine (C=N–C) groups is 1. The van der Waals surface area contributed by atoms with Crippen LogP contribution in [0.3, 0.4) is 0 Å². The van der Waals surface area contributed by atoms with Crippen LogP contribution in [-0.2, 0) is 4.74 Å². The van der Waals surface area contributed by atoms with E-state index in [9.17, 15) is 10.1 Å². The van der Waals surface area contributed by atoms with E-state index in [0.717, 1.165) is 16.5 Å². The van der Waals surface area contributed by atoms with Gasteiger partial charge in [-0.2, -0.15) is 0 Å². The molecule has 2 aromatic heterocycles. The Labute approximate surface area is 184 Å². The zero-order valence-corrected chi connectivity index (χ0v) is 18.0. The van der Waals surface area contributed by atoms with Gasteiger partial charge in [0.05, 0.1) is 19.6 Å². The van der Waals surface area contributed by atoms with Crippen LogP contribution in [0.4, 0.5) is 0 Å². The number of nitrogens with one attached hydrogen (secondary N) is 2. The monoisotopic (exact) mass is 523 g/mol. The third-order valence-corrected chi connectivity index (χ3v) is 5.70. The molecule has 0 aliphatic carbocycles. The van der Waals surface area contributed by atoms with Gasteiger partial charge < -0.3 is 9.72 Å². The van der Waals surface area contributed by atoms with E-state index in [4.69, 9.17) is 16.3 Å². The number of alkyl halides is 1. The predicted molar refractivity (Wildman–Crippen MR) is 119 cm³/mol. The molecule has 0 saturated carbocycles. The van der Waals surface area contributed by atoms with Crippen LogP contribution in [0.2, 0.25) is 5.02 Å². The minimum absolute atomic E-state index is 0.168. The number of nitro groups is 1. The molecule has 0 radical (unpaired) electrons. The van der Waals surface area contributed by atoms with Crippen LogP contribution in [0.25, 0.3) is 11.0 Å². The summed E-state index contributed by atoms with van der Waals surface area (Å²) >= 11 is 8.24. The first kappa shape index (κ1) is 19.8. The zero-order valence-electron chi connectivity index (χ0n) is 15.1. The number of aromatic amines is 1. The van der Waals surface area contributed by atoms with E-state index >= 15 is 0 Å². The van der Waals surface area contributed by atoms with Crippen LogP contribution in [0.1, 0.15) is 20.7 Å². The molecular formula is C19H15ClIN5O3. The first-order valence-electron chi connectivity index (χ1n) is 8.61. The van der Waals surface area contributed by atoms with Gasteiger partial charge in [0, 0.05) is 17.8 Å². The van der Waals surface area contributed by atoms with Gasteiger partial charge in [0.15, 0.2) is 0 Å². The lowest BCUT2D eigenvalue weighted by Gasteiger charge is -2.24. The first-order valence-corrected chi connectivity index (χ1v) is 10.2. The van der Waals surface area contributed by atoms with Crippen LogP contribution < -0.4 is 5.32 Å². The van der Waals surface area contributed by atoms with Gasteiger partial charge in [-0.05, 0) is 18.6 Å². The Bertz CT molecular complexity index is 1140. The van der Waals surface area contributed by atoms with Crippen molar-refractivity contribution in [1.29, 1.82) is 0 Å². The van der Waals surface area contributed by atoms with Gasteiger partial charge in [-0.15, -0.1) is 0 Å². The molecule has 4 rings (SSSR count). The highest BCUT2D eigenvalue weighted by atomic mass is 127. The van der Waals surface area contributed by atoms with E-state index in [2.05, 4.69) is 42.9 Å². The Balaban J connectivity index is 1.64. The Kier molecular flexibility index (Phi) is 5.52. The highest BCUT2D eigenvalue weighted by Crippen LogP contribution is 2.27. The highest BCUT2D eigenvalue weighted by molar-refractivity contribution is 14.1. The van der Waals surface area contributed by atoms with Crippen molar-refractivity contribution in [3.63, 3.8) is 0 Å². The summed E-state index contributed by atoms with van der Waals surface area (Å²) in [4.78, 5) is 22.4. The number of fused-ring (bicyclic) bond motifs is 1. The molecule has 3 heterocycles. The van der Waals surface area contributed by atoms with Crippen molar-refractivity contribution in [1.82, 2.24) is 15.3 Å². The van der Waals surface area contributed by atoms with Gasteiger partial charge in [-0.3, -0.25) is 15.4 Å². The van der Waals surface area contributed by atoms with Crippen molar-refractivity contribution in [2.75, 3.05) is 0 Å². The second-order valence-corrected chi connectivity index (χ2v) is 8.12. The molecule has 0 spiro atoms. The van der Waals surface area contributed by atoms with Crippen LogP contribution in [0, 0.1) is 17.0 Å². The number of benzene rings is 1. The van der Waals surface area contributed by atoms with E-state index in [1.165, 1.54) is 12.4 Å². The van der Waals surface area contributed by atoms with Crippen molar-refractivity contribution in [3.8, 4) is 0 Å². The minimum atomic E-state index is -0.974. The third-order valence-electron chi connectivity index (χ3n) is 4.42. The van der Waals surface area contributed by atoms with Gasteiger partial charge in [-0.1, -0.05) is 64.0 Å². The SMILES string of the molecule is Cc1ccc([C@H](I)NC2OC(c3c[nH]c4ncc(Cl)cc34)=NC=C2[N+](=O)[O-])cc1. The molecule has 29 heavy (non-hydrogen) atoms. The van der Waals surface area contributed by atoms with Gasteiger partial charge in [0.1, 0.15) is 11.8 Å². The van der Waals surface area contributed by atoms with Crippen LogP contribution >= 0.6 is 34.2 Å². The zero-order chi connectivity index (χ0) is 20.5. The molecule has 0 fully saturated rings. The molecule has 8 nitrogen and oxygen atoms in total. The standard InChI is InChI=1S/C19H15ClIN5O3/c1-10-2-4-11(5-3-10)16(21)25-19-15(26(27)28)9-24-18(29-19)14-8-23-17-13(14)6-12(20)7-22-17/h2-9,16,19,25H,1H3,(H,22,23)/t16-,19?/m1/s1. The number of H-pyrrole nitrogens is 1. The van der Waals surface area contributed by atoms with E-state index in [-0.39, 0.29) is 15.6 Å². The molecular weight excluding hydrogens is 509 g/mol. The molecule has 0 bridgehead atoms. The Morgan fingerprint density at radius 3 is 2.86 bits per heavy atom. The quantitative estimate of drug-likeness (QED) is 0.169. The smallest absolute Gasteiger partial charge is 0.319 e. The maximum Gasteiger partial charge on any atom is 0.319 e. The fraction of sp³-hybridized carbons (Fsp3) is 0.158. The van der Waals surface area contributed by atoms with Crippen molar-refractivity contribution in [3.05, 3.63) is 86.4 Å². The lowest BCUT2D eigenvalue weighted by molar-refractivity contribution is -0.437. The summed E-state index contributed by atoms with van der Waals surface area (Å²) in [5.41, 5.74) is 3.20. The lowest BCUT2D eigenvalue weighted by atomic mass is 10.1. The number of hydrogen-bond donors (Lipinski definition) is 2. The van der Waals surface area contributed by atoms with Gasteiger partial charge >= 0.3 is 5.70 Å². The third kappa shape index (κ3) is 4.11. The summed E-state index contributed by atoms with van der Waals surface area (Å²) in [6.07, 6.45) is 3.46.